The van der Waals surface area contributed by atoms with Gasteiger partial charge in [-0.3, -0.25) is 9.59 Å². The van der Waals surface area contributed by atoms with Gasteiger partial charge < -0.3 is 9.80 Å². The maximum atomic E-state index is 13.9. The van der Waals surface area contributed by atoms with Crippen molar-refractivity contribution in [1.82, 2.24) is 9.80 Å². The van der Waals surface area contributed by atoms with Crippen LogP contribution in [-0.4, -0.2) is 41.2 Å². The molecule has 0 bridgehead atoms. The van der Waals surface area contributed by atoms with Gasteiger partial charge in [0.1, 0.15) is 11.6 Å². The summed E-state index contributed by atoms with van der Waals surface area (Å²) in [6.45, 7) is 2.42. The second-order valence-corrected chi connectivity index (χ2v) is 6.01. The summed E-state index contributed by atoms with van der Waals surface area (Å²) >= 11 is 0. The van der Waals surface area contributed by atoms with E-state index in [1.807, 2.05) is 30.3 Å². The van der Waals surface area contributed by atoms with Crippen molar-refractivity contribution in [2.75, 3.05) is 19.6 Å². The van der Waals surface area contributed by atoms with E-state index in [9.17, 15) is 18.4 Å². The molecular weight excluding hydrogens is 326 g/mol. The molecule has 0 radical (unpaired) electrons. The molecular formula is C19H18F2N2O2. The lowest BCUT2D eigenvalue weighted by Gasteiger charge is -2.41. The van der Waals surface area contributed by atoms with Gasteiger partial charge in [-0.05, 0) is 17.7 Å². The number of benzene rings is 2. The van der Waals surface area contributed by atoms with Crippen LogP contribution in [0, 0.1) is 11.6 Å². The molecule has 0 aliphatic carbocycles. The molecule has 1 heterocycles. The van der Waals surface area contributed by atoms with Gasteiger partial charge in [-0.15, -0.1) is 0 Å². The maximum Gasteiger partial charge on any atom is 0.256 e. The Labute approximate surface area is 144 Å². The van der Waals surface area contributed by atoms with E-state index in [2.05, 4.69) is 0 Å². The predicted octanol–water partition coefficient (Wildman–Crippen LogP) is 3.01. The molecule has 1 aliphatic heterocycles. The van der Waals surface area contributed by atoms with Crippen LogP contribution in [0.25, 0.3) is 0 Å². The van der Waals surface area contributed by atoms with E-state index in [4.69, 9.17) is 0 Å². The van der Waals surface area contributed by atoms with Crippen LogP contribution in [0.15, 0.2) is 48.5 Å². The highest BCUT2D eigenvalue weighted by Gasteiger charge is 2.33. The minimum absolute atomic E-state index is 0.0751. The Morgan fingerprint density at radius 2 is 1.76 bits per heavy atom. The van der Waals surface area contributed by atoms with Crippen LogP contribution in [0.2, 0.25) is 0 Å². The van der Waals surface area contributed by atoms with Crippen molar-refractivity contribution in [3.63, 3.8) is 0 Å². The fraction of sp³-hybridized carbons (Fsp3) is 0.263. The third-order valence-electron chi connectivity index (χ3n) is 4.42. The number of hydrogen-bond donors (Lipinski definition) is 0. The molecule has 1 fully saturated rings. The molecule has 2 amide bonds. The first kappa shape index (κ1) is 17.1. The van der Waals surface area contributed by atoms with E-state index in [0.717, 1.165) is 17.7 Å². The van der Waals surface area contributed by atoms with E-state index in [0.29, 0.717) is 19.2 Å². The smallest absolute Gasteiger partial charge is 0.256 e. The summed E-state index contributed by atoms with van der Waals surface area (Å²) in [5.41, 5.74) is 0.749. The predicted molar refractivity (Wildman–Crippen MR) is 88.8 cm³/mol. The summed E-state index contributed by atoms with van der Waals surface area (Å²) in [4.78, 5) is 27.8. The van der Waals surface area contributed by atoms with Crippen LogP contribution in [0.1, 0.15) is 28.9 Å². The van der Waals surface area contributed by atoms with Gasteiger partial charge in [0, 0.05) is 32.6 Å². The third-order valence-corrected chi connectivity index (χ3v) is 4.42. The highest BCUT2D eigenvalue weighted by atomic mass is 19.1. The van der Waals surface area contributed by atoms with E-state index in [-0.39, 0.29) is 24.1 Å². The van der Waals surface area contributed by atoms with E-state index in [1.165, 1.54) is 11.8 Å². The number of hydrogen-bond acceptors (Lipinski definition) is 2. The molecule has 0 N–H and O–H groups in total. The number of carbonyl (C=O) groups is 2. The van der Waals surface area contributed by atoms with Gasteiger partial charge in [-0.25, -0.2) is 8.78 Å². The van der Waals surface area contributed by atoms with Crippen LogP contribution < -0.4 is 0 Å². The Balaban J connectivity index is 1.87. The first-order valence-corrected chi connectivity index (χ1v) is 8.04. The van der Waals surface area contributed by atoms with Crippen molar-refractivity contribution < 1.29 is 18.4 Å². The van der Waals surface area contributed by atoms with E-state index < -0.39 is 17.5 Å². The zero-order valence-electron chi connectivity index (χ0n) is 13.8. The lowest BCUT2D eigenvalue weighted by atomic mass is 10.0. The highest BCUT2D eigenvalue weighted by molar-refractivity contribution is 5.94. The lowest BCUT2D eigenvalue weighted by Crippen LogP contribution is -2.52. The Kier molecular flexibility index (Phi) is 4.79. The van der Waals surface area contributed by atoms with Crippen molar-refractivity contribution in [2.45, 2.75) is 13.0 Å². The Morgan fingerprint density at radius 3 is 2.40 bits per heavy atom. The average molecular weight is 344 g/mol. The minimum atomic E-state index is -0.879. The van der Waals surface area contributed by atoms with Crippen molar-refractivity contribution in [1.29, 1.82) is 0 Å². The number of piperazine rings is 1. The van der Waals surface area contributed by atoms with Gasteiger partial charge in [0.2, 0.25) is 5.91 Å². The summed E-state index contributed by atoms with van der Waals surface area (Å²) < 4.78 is 27.0. The van der Waals surface area contributed by atoms with Crippen LogP contribution in [0.3, 0.4) is 0 Å². The van der Waals surface area contributed by atoms with Gasteiger partial charge in [0.15, 0.2) is 0 Å². The Hall–Kier alpha value is -2.76. The molecule has 1 aliphatic rings. The molecule has 2 aromatic carbocycles. The molecule has 1 saturated heterocycles. The fourth-order valence-corrected chi connectivity index (χ4v) is 3.14. The monoisotopic (exact) mass is 344 g/mol. The van der Waals surface area contributed by atoms with Crippen LogP contribution in [0.5, 0.6) is 0 Å². The first-order chi connectivity index (χ1) is 12.0. The van der Waals surface area contributed by atoms with Crippen molar-refractivity contribution in [2.24, 2.45) is 0 Å². The summed E-state index contributed by atoms with van der Waals surface area (Å²) in [6.07, 6.45) is 0. The molecule has 1 atom stereocenters. The minimum Gasteiger partial charge on any atom is -0.334 e. The molecule has 4 nitrogen and oxygen atoms in total. The molecule has 0 saturated carbocycles. The van der Waals surface area contributed by atoms with E-state index >= 15 is 0 Å². The number of carbonyl (C=O) groups excluding carboxylic acids is 2. The lowest BCUT2D eigenvalue weighted by molar-refractivity contribution is -0.133. The van der Waals surface area contributed by atoms with Crippen LogP contribution in [0.4, 0.5) is 8.78 Å². The first-order valence-electron chi connectivity index (χ1n) is 8.04. The Morgan fingerprint density at radius 1 is 1.04 bits per heavy atom. The quantitative estimate of drug-likeness (QED) is 0.840. The third kappa shape index (κ3) is 3.52. The molecule has 2 aromatic rings. The standard InChI is InChI=1S/C19H18F2N2O2/c1-13(24)23-10-9-22(12-18(23)14-5-3-2-4-6-14)19(25)16-8-7-15(20)11-17(16)21/h2-8,11,18H,9-10,12H2,1H3/t18-/m1/s1. The number of halogens is 2. The summed E-state index contributed by atoms with van der Waals surface area (Å²) in [5.74, 6) is -2.18. The molecule has 3 rings (SSSR count). The van der Waals surface area contributed by atoms with Gasteiger partial charge >= 0.3 is 0 Å². The van der Waals surface area contributed by atoms with Gasteiger partial charge in [-0.2, -0.15) is 0 Å². The zero-order chi connectivity index (χ0) is 18.0. The molecule has 0 spiro atoms. The fourth-order valence-electron chi connectivity index (χ4n) is 3.14. The Bertz CT molecular complexity index is 795. The molecule has 0 unspecified atom stereocenters. The van der Waals surface area contributed by atoms with Crippen LogP contribution >= 0.6 is 0 Å². The van der Waals surface area contributed by atoms with E-state index in [1.54, 1.807) is 4.90 Å². The number of rotatable bonds is 2. The second kappa shape index (κ2) is 7.01. The van der Waals surface area contributed by atoms with Crippen LogP contribution in [-0.2, 0) is 4.79 Å². The molecule has 130 valence electrons. The molecule has 6 heteroatoms. The number of amides is 2. The zero-order valence-corrected chi connectivity index (χ0v) is 13.8. The highest BCUT2D eigenvalue weighted by Crippen LogP contribution is 2.26. The van der Waals surface area contributed by atoms with Gasteiger partial charge in [-0.1, -0.05) is 30.3 Å². The topological polar surface area (TPSA) is 40.6 Å². The summed E-state index contributed by atoms with van der Waals surface area (Å²) in [5, 5.41) is 0. The average Bonchev–Trinajstić information content (AvgIpc) is 2.61. The summed E-state index contributed by atoms with van der Waals surface area (Å²) in [7, 11) is 0. The van der Waals surface area contributed by atoms with Gasteiger partial charge in [0.25, 0.3) is 5.91 Å². The van der Waals surface area contributed by atoms with Crippen molar-refractivity contribution >= 4 is 11.8 Å². The molecule has 0 aromatic heterocycles. The maximum absolute atomic E-state index is 13.9. The van der Waals surface area contributed by atoms with Gasteiger partial charge in [0.05, 0.1) is 11.6 Å². The summed E-state index contributed by atoms with van der Waals surface area (Å²) in [6, 6.07) is 12.0. The normalized spacial score (nSPS) is 17.5. The SMILES string of the molecule is CC(=O)N1CCN(C(=O)c2ccc(F)cc2F)C[C@@H]1c1ccccc1. The van der Waals surface area contributed by atoms with Crippen molar-refractivity contribution in [3.8, 4) is 0 Å². The largest absolute Gasteiger partial charge is 0.334 e. The van der Waals surface area contributed by atoms with Crippen molar-refractivity contribution in [3.05, 3.63) is 71.3 Å². The second-order valence-electron chi connectivity index (χ2n) is 6.01. The molecule has 25 heavy (non-hydrogen) atoms. The number of nitrogens with zero attached hydrogens (tertiary/aromatic N) is 2.